The maximum absolute atomic E-state index is 6.17. The lowest BCUT2D eigenvalue weighted by Gasteiger charge is -2.19. The minimum Gasteiger partial charge on any atom is -0.497 e. The van der Waals surface area contributed by atoms with Gasteiger partial charge in [0.05, 0.1) is 26.0 Å². The van der Waals surface area contributed by atoms with E-state index in [0.717, 1.165) is 41.0 Å². The lowest BCUT2D eigenvalue weighted by Crippen LogP contribution is -2.29. The predicted octanol–water partition coefficient (Wildman–Crippen LogP) is 3.87. The van der Waals surface area contributed by atoms with Gasteiger partial charge in [0, 0.05) is 30.1 Å². The zero-order chi connectivity index (χ0) is 20.3. The van der Waals surface area contributed by atoms with Gasteiger partial charge in [0.25, 0.3) is 0 Å². The van der Waals surface area contributed by atoms with Crippen LogP contribution in [0.5, 0.6) is 11.5 Å². The van der Waals surface area contributed by atoms with E-state index in [9.17, 15) is 0 Å². The first-order valence-electron chi connectivity index (χ1n) is 10.1. The normalized spacial score (nSPS) is 21.8. The third kappa shape index (κ3) is 4.14. The summed E-state index contributed by atoms with van der Waals surface area (Å²) in [6.07, 6.45) is -0.0957. The molecule has 2 saturated heterocycles. The molecule has 0 amide bonds. The van der Waals surface area contributed by atoms with E-state index in [0.29, 0.717) is 13.2 Å². The molecule has 156 valence electrons. The summed E-state index contributed by atoms with van der Waals surface area (Å²) in [6, 6.07) is 17.9. The number of benzene rings is 2. The highest BCUT2D eigenvalue weighted by molar-refractivity contribution is 7.14. The molecule has 1 aromatic heterocycles. The highest BCUT2D eigenvalue weighted by atomic mass is 32.1. The van der Waals surface area contributed by atoms with Crippen molar-refractivity contribution >= 4 is 16.5 Å². The van der Waals surface area contributed by atoms with Crippen LogP contribution in [0, 0.1) is 0 Å². The van der Waals surface area contributed by atoms with E-state index in [1.807, 2.05) is 42.5 Å². The second-order valence-corrected chi connectivity index (χ2v) is 8.29. The fraction of sp³-hybridized carbons (Fsp3) is 0.348. The minimum absolute atomic E-state index is 0.0213. The van der Waals surface area contributed by atoms with Crippen LogP contribution < -0.4 is 14.4 Å². The summed E-state index contributed by atoms with van der Waals surface area (Å²) in [5.41, 5.74) is 2.15. The van der Waals surface area contributed by atoms with E-state index in [1.54, 1.807) is 18.4 Å². The maximum Gasteiger partial charge on any atom is 0.186 e. The molecule has 6 nitrogen and oxygen atoms in total. The first kappa shape index (κ1) is 19.4. The zero-order valence-corrected chi connectivity index (χ0v) is 17.6. The van der Waals surface area contributed by atoms with Crippen LogP contribution in [0.2, 0.25) is 0 Å². The second-order valence-electron chi connectivity index (χ2n) is 7.45. The number of hydrogen-bond donors (Lipinski definition) is 0. The van der Waals surface area contributed by atoms with E-state index < -0.39 is 0 Å². The van der Waals surface area contributed by atoms with E-state index in [4.69, 9.17) is 23.9 Å². The standard InChI is InChI=1S/C23H24N2O4S/c1-26-17-8-5-9-18(10-17)29-19-13-27-21-11-25(12-22(21)28-14-19)23-24-20(15-30-23)16-6-3-2-4-7-16/h2-10,15,19,21-22H,11-14H2,1H3/t21-,22-/m0/s1. The summed E-state index contributed by atoms with van der Waals surface area (Å²) in [4.78, 5) is 7.09. The Balaban J connectivity index is 1.20. The topological polar surface area (TPSA) is 53.0 Å². The summed E-state index contributed by atoms with van der Waals surface area (Å²) in [7, 11) is 1.65. The smallest absolute Gasteiger partial charge is 0.186 e. The lowest BCUT2D eigenvalue weighted by molar-refractivity contribution is -0.00461. The summed E-state index contributed by atoms with van der Waals surface area (Å²) in [6.45, 7) is 2.55. The average Bonchev–Trinajstić information content (AvgIpc) is 3.40. The Morgan fingerprint density at radius 3 is 2.43 bits per heavy atom. The average molecular weight is 425 g/mol. The molecular formula is C23H24N2O4S. The Morgan fingerprint density at radius 2 is 1.70 bits per heavy atom. The van der Waals surface area contributed by atoms with Gasteiger partial charge in [0.1, 0.15) is 29.8 Å². The summed E-state index contributed by atoms with van der Waals surface area (Å²) in [5.74, 6) is 1.53. The number of aromatic nitrogens is 1. The van der Waals surface area contributed by atoms with Crippen molar-refractivity contribution in [3.63, 3.8) is 0 Å². The highest BCUT2D eigenvalue weighted by Crippen LogP contribution is 2.32. The molecule has 5 rings (SSSR count). The van der Waals surface area contributed by atoms with Crippen LogP contribution in [0.3, 0.4) is 0 Å². The van der Waals surface area contributed by atoms with Crippen molar-refractivity contribution in [2.75, 3.05) is 38.3 Å². The monoisotopic (exact) mass is 424 g/mol. The Hall–Kier alpha value is -2.61. The first-order chi connectivity index (χ1) is 14.8. The molecule has 2 aliphatic heterocycles. The van der Waals surface area contributed by atoms with Gasteiger partial charge in [-0.3, -0.25) is 0 Å². The summed E-state index contributed by atoms with van der Waals surface area (Å²) in [5, 5.41) is 3.12. The predicted molar refractivity (Wildman–Crippen MR) is 117 cm³/mol. The molecule has 0 spiro atoms. The summed E-state index contributed by atoms with van der Waals surface area (Å²) >= 11 is 1.67. The van der Waals surface area contributed by atoms with Crippen LogP contribution in [-0.4, -0.2) is 56.7 Å². The van der Waals surface area contributed by atoms with Crippen molar-refractivity contribution in [2.45, 2.75) is 18.3 Å². The SMILES string of the molecule is COc1cccc(OC2CO[C@H]3CN(c4nc(-c5ccccc5)cs4)C[C@@H]3OC2)c1. The summed E-state index contributed by atoms with van der Waals surface area (Å²) < 4.78 is 23.6. The van der Waals surface area contributed by atoms with E-state index in [1.165, 1.54) is 0 Å². The molecule has 0 bridgehead atoms. The Bertz CT molecular complexity index is 964. The fourth-order valence-corrected chi connectivity index (χ4v) is 4.67. The van der Waals surface area contributed by atoms with Crippen molar-refractivity contribution in [3.05, 3.63) is 60.0 Å². The maximum atomic E-state index is 6.17. The molecule has 2 fully saturated rings. The molecule has 2 aliphatic rings. The van der Waals surface area contributed by atoms with Gasteiger partial charge in [-0.2, -0.15) is 0 Å². The van der Waals surface area contributed by atoms with Crippen LogP contribution >= 0.6 is 11.3 Å². The van der Waals surface area contributed by atoms with Crippen molar-refractivity contribution in [1.29, 1.82) is 0 Å². The van der Waals surface area contributed by atoms with E-state index in [-0.39, 0.29) is 18.3 Å². The molecule has 0 radical (unpaired) electrons. The molecule has 30 heavy (non-hydrogen) atoms. The minimum atomic E-state index is -0.138. The zero-order valence-electron chi connectivity index (χ0n) is 16.8. The quantitative estimate of drug-likeness (QED) is 0.620. The number of fused-ring (bicyclic) bond motifs is 1. The molecule has 2 atom stereocenters. The number of methoxy groups -OCH3 is 1. The number of ether oxygens (including phenoxy) is 4. The Labute approximate surface area is 180 Å². The van der Waals surface area contributed by atoms with E-state index in [2.05, 4.69) is 22.4 Å². The number of anilines is 1. The van der Waals surface area contributed by atoms with Crippen LogP contribution in [0.4, 0.5) is 5.13 Å². The van der Waals surface area contributed by atoms with Gasteiger partial charge >= 0.3 is 0 Å². The number of nitrogens with zero attached hydrogens (tertiary/aromatic N) is 2. The number of hydrogen-bond acceptors (Lipinski definition) is 7. The van der Waals surface area contributed by atoms with Crippen LogP contribution in [0.1, 0.15) is 0 Å². The second kappa shape index (κ2) is 8.63. The van der Waals surface area contributed by atoms with Crippen LogP contribution in [0.25, 0.3) is 11.3 Å². The number of thiazole rings is 1. The third-order valence-electron chi connectivity index (χ3n) is 5.38. The van der Waals surface area contributed by atoms with Gasteiger partial charge in [0.2, 0.25) is 0 Å². The largest absolute Gasteiger partial charge is 0.497 e. The molecule has 3 aromatic rings. The molecule has 7 heteroatoms. The van der Waals surface area contributed by atoms with Gasteiger partial charge in [-0.25, -0.2) is 4.98 Å². The van der Waals surface area contributed by atoms with Crippen molar-refractivity contribution in [2.24, 2.45) is 0 Å². The molecule has 0 N–H and O–H groups in total. The van der Waals surface area contributed by atoms with Gasteiger partial charge in [-0.15, -0.1) is 11.3 Å². The van der Waals surface area contributed by atoms with E-state index >= 15 is 0 Å². The Morgan fingerprint density at radius 1 is 0.967 bits per heavy atom. The number of rotatable bonds is 5. The van der Waals surface area contributed by atoms with Crippen molar-refractivity contribution in [3.8, 4) is 22.8 Å². The van der Waals surface area contributed by atoms with Crippen molar-refractivity contribution < 1.29 is 18.9 Å². The van der Waals surface area contributed by atoms with Gasteiger partial charge < -0.3 is 23.8 Å². The molecular weight excluding hydrogens is 400 g/mol. The first-order valence-corrected chi connectivity index (χ1v) is 11.0. The molecule has 0 aliphatic carbocycles. The van der Waals surface area contributed by atoms with Gasteiger partial charge in [0.15, 0.2) is 5.13 Å². The van der Waals surface area contributed by atoms with Crippen LogP contribution in [0.15, 0.2) is 60.0 Å². The third-order valence-corrected chi connectivity index (χ3v) is 6.29. The van der Waals surface area contributed by atoms with Crippen molar-refractivity contribution in [1.82, 2.24) is 4.98 Å². The van der Waals surface area contributed by atoms with Gasteiger partial charge in [-0.05, 0) is 12.1 Å². The van der Waals surface area contributed by atoms with Gasteiger partial charge in [-0.1, -0.05) is 36.4 Å². The molecule has 0 saturated carbocycles. The Kier molecular flexibility index (Phi) is 5.57. The lowest BCUT2D eigenvalue weighted by atomic mass is 10.2. The molecule has 0 unspecified atom stereocenters. The highest BCUT2D eigenvalue weighted by Gasteiger charge is 2.39. The van der Waals surface area contributed by atoms with Crippen LogP contribution in [-0.2, 0) is 9.47 Å². The fourth-order valence-electron chi connectivity index (χ4n) is 3.82. The molecule has 3 heterocycles. The molecule has 2 aromatic carbocycles.